The molecule has 0 saturated heterocycles. The van der Waals surface area contributed by atoms with Gasteiger partial charge in [-0.25, -0.2) is 4.79 Å². The van der Waals surface area contributed by atoms with Crippen LogP contribution in [0.4, 0.5) is 11.4 Å². The first-order chi connectivity index (χ1) is 10.6. The van der Waals surface area contributed by atoms with Crippen LogP contribution >= 0.6 is 0 Å². The van der Waals surface area contributed by atoms with Crippen LogP contribution in [0.5, 0.6) is 0 Å². The van der Waals surface area contributed by atoms with Gasteiger partial charge in [0, 0.05) is 6.04 Å². The van der Waals surface area contributed by atoms with E-state index in [4.69, 9.17) is 10.5 Å². The van der Waals surface area contributed by atoms with Gasteiger partial charge in [0.05, 0.1) is 23.5 Å². The molecule has 0 aliphatic heterocycles. The van der Waals surface area contributed by atoms with Crippen LogP contribution in [-0.2, 0) is 4.74 Å². The summed E-state index contributed by atoms with van der Waals surface area (Å²) in [5.41, 5.74) is 9.04. The van der Waals surface area contributed by atoms with Gasteiger partial charge in [0.2, 0.25) is 0 Å². The maximum atomic E-state index is 11.8. The number of nitrogen functional groups attached to an aromatic ring is 1. The summed E-state index contributed by atoms with van der Waals surface area (Å²) in [5, 5.41) is 3.36. The predicted molar refractivity (Wildman–Crippen MR) is 89.9 cm³/mol. The molecular formula is C18H22N2O2. The monoisotopic (exact) mass is 298 g/mol. The summed E-state index contributed by atoms with van der Waals surface area (Å²) in [5.74, 6) is -0.337. The SMILES string of the molecule is CCCOC(=O)c1ccc(N[C@@H](C)c2ccccc2)c(N)c1. The Balaban J connectivity index is 2.08. The lowest BCUT2D eigenvalue weighted by Gasteiger charge is -2.17. The zero-order chi connectivity index (χ0) is 15.9. The van der Waals surface area contributed by atoms with E-state index < -0.39 is 0 Å². The minimum atomic E-state index is -0.337. The first-order valence-corrected chi connectivity index (χ1v) is 7.50. The van der Waals surface area contributed by atoms with Crippen molar-refractivity contribution in [2.45, 2.75) is 26.3 Å². The summed E-state index contributed by atoms with van der Waals surface area (Å²) >= 11 is 0. The summed E-state index contributed by atoms with van der Waals surface area (Å²) < 4.78 is 5.11. The number of carbonyl (C=O) groups excluding carboxylic acids is 1. The average Bonchev–Trinajstić information content (AvgIpc) is 2.55. The molecule has 2 aromatic rings. The molecule has 1 atom stereocenters. The molecule has 0 amide bonds. The molecule has 2 rings (SSSR count). The number of hydrogen-bond donors (Lipinski definition) is 2. The van der Waals surface area contributed by atoms with Crippen LogP contribution in [0.1, 0.15) is 42.2 Å². The smallest absolute Gasteiger partial charge is 0.338 e. The van der Waals surface area contributed by atoms with Crippen molar-refractivity contribution in [3.63, 3.8) is 0 Å². The van der Waals surface area contributed by atoms with E-state index in [1.165, 1.54) is 5.56 Å². The molecule has 0 heterocycles. The van der Waals surface area contributed by atoms with Crippen molar-refractivity contribution >= 4 is 17.3 Å². The van der Waals surface area contributed by atoms with E-state index in [9.17, 15) is 4.79 Å². The standard InChI is InChI=1S/C18H22N2O2/c1-3-11-22-18(21)15-9-10-17(16(19)12-15)20-13(2)14-7-5-4-6-8-14/h4-10,12-13,20H,3,11,19H2,1-2H3/t13-/m0/s1. The topological polar surface area (TPSA) is 64.3 Å². The fourth-order valence-electron chi connectivity index (χ4n) is 2.16. The fourth-order valence-corrected chi connectivity index (χ4v) is 2.16. The minimum absolute atomic E-state index is 0.126. The molecule has 0 unspecified atom stereocenters. The highest BCUT2D eigenvalue weighted by Crippen LogP contribution is 2.25. The quantitative estimate of drug-likeness (QED) is 0.625. The zero-order valence-electron chi connectivity index (χ0n) is 13.0. The Morgan fingerprint density at radius 2 is 1.95 bits per heavy atom. The molecule has 2 aromatic carbocycles. The van der Waals surface area contributed by atoms with E-state index in [1.807, 2.05) is 31.2 Å². The fraction of sp³-hybridized carbons (Fsp3) is 0.278. The molecule has 4 nitrogen and oxygen atoms in total. The molecule has 0 aliphatic carbocycles. The number of nitrogens with two attached hydrogens (primary N) is 1. The Hall–Kier alpha value is -2.49. The third kappa shape index (κ3) is 4.01. The van der Waals surface area contributed by atoms with Gasteiger partial charge >= 0.3 is 5.97 Å². The lowest BCUT2D eigenvalue weighted by molar-refractivity contribution is 0.0505. The molecule has 0 aliphatic rings. The normalized spacial score (nSPS) is 11.7. The van der Waals surface area contributed by atoms with Crippen molar-refractivity contribution in [3.8, 4) is 0 Å². The highest BCUT2D eigenvalue weighted by molar-refractivity contribution is 5.92. The molecule has 22 heavy (non-hydrogen) atoms. The second kappa shape index (κ2) is 7.50. The Kier molecular flexibility index (Phi) is 5.42. The molecule has 3 N–H and O–H groups in total. The van der Waals surface area contributed by atoms with Crippen molar-refractivity contribution in [1.29, 1.82) is 0 Å². The van der Waals surface area contributed by atoms with Crippen molar-refractivity contribution in [2.75, 3.05) is 17.7 Å². The third-order valence-corrected chi connectivity index (χ3v) is 3.40. The molecule has 116 valence electrons. The summed E-state index contributed by atoms with van der Waals surface area (Å²) in [6, 6.07) is 15.4. The zero-order valence-corrected chi connectivity index (χ0v) is 13.0. The van der Waals surface area contributed by atoms with Gasteiger partial charge in [-0.15, -0.1) is 0 Å². The van der Waals surface area contributed by atoms with Crippen molar-refractivity contribution < 1.29 is 9.53 Å². The van der Waals surface area contributed by atoms with Crippen LogP contribution < -0.4 is 11.1 Å². The molecule has 0 radical (unpaired) electrons. The van der Waals surface area contributed by atoms with Crippen molar-refractivity contribution in [3.05, 3.63) is 59.7 Å². The maximum Gasteiger partial charge on any atom is 0.338 e. The molecule has 0 fully saturated rings. The van der Waals surface area contributed by atoms with Gasteiger partial charge in [0.25, 0.3) is 0 Å². The van der Waals surface area contributed by atoms with Crippen LogP contribution in [0.2, 0.25) is 0 Å². The molecular weight excluding hydrogens is 276 g/mol. The van der Waals surface area contributed by atoms with Crippen LogP contribution in [-0.4, -0.2) is 12.6 Å². The van der Waals surface area contributed by atoms with E-state index in [1.54, 1.807) is 12.1 Å². The van der Waals surface area contributed by atoms with Crippen LogP contribution in [0.15, 0.2) is 48.5 Å². The van der Waals surface area contributed by atoms with Crippen LogP contribution in [0, 0.1) is 0 Å². The largest absolute Gasteiger partial charge is 0.462 e. The summed E-state index contributed by atoms with van der Waals surface area (Å²) in [7, 11) is 0. The van der Waals surface area contributed by atoms with E-state index in [0.717, 1.165) is 12.1 Å². The number of esters is 1. The number of carbonyl (C=O) groups is 1. The molecule has 0 bridgehead atoms. The first kappa shape index (κ1) is 15.9. The van der Waals surface area contributed by atoms with Crippen LogP contribution in [0.3, 0.4) is 0 Å². The number of anilines is 2. The predicted octanol–water partition coefficient (Wildman–Crippen LogP) is 4.01. The number of ether oxygens (including phenoxy) is 1. The van der Waals surface area contributed by atoms with Gasteiger partial charge in [-0.05, 0) is 37.1 Å². The second-order valence-electron chi connectivity index (χ2n) is 5.21. The Morgan fingerprint density at radius 3 is 2.59 bits per heavy atom. The highest BCUT2D eigenvalue weighted by Gasteiger charge is 2.11. The van der Waals surface area contributed by atoms with Gasteiger partial charge < -0.3 is 15.8 Å². The van der Waals surface area contributed by atoms with Crippen LogP contribution in [0.25, 0.3) is 0 Å². The molecule has 4 heteroatoms. The van der Waals surface area contributed by atoms with Gasteiger partial charge in [-0.2, -0.15) is 0 Å². The Bertz CT molecular complexity index is 626. The van der Waals surface area contributed by atoms with E-state index in [2.05, 4.69) is 24.4 Å². The van der Waals surface area contributed by atoms with Gasteiger partial charge in [0.15, 0.2) is 0 Å². The van der Waals surface area contributed by atoms with Gasteiger partial charge in [-0.3, -0.25) is 0 Å². The maximum absolute atomic E-state index is 11.8. The number of benzene rings is 2. The van der Waals surface area contributed by atoms with Gasteiger partial charge in [0.1, 0.15) is 0 Å². The minimum Gasteiger partial charge on any atom is -0.462 e. The van der Waals surface area contributed by atoms with Crippen molar-refractivity contribution in [1.82, 2.24) is 0 Å². The first-order valence-electron chi connectivity index (χ1n) is 7.50. The number of nitrogens with one attached hydrogen (secondary N) is 1. The average molecular weight is 298 g/mol. The highest BCUT2D eigenvalue weighted by atomic mass is 16.5. The summed E-state index contributed by atoms with van der Waals surface area (Å²) in [4.78, 5) is 11.8. The molecule has 0 saturated carbocycles. The van der Waals surface area contributed by atoms with E-state index in [0.29, 0.717) is 17.9 Å². The Labute approximate surface area is 131 Å². The summed E-state index contributed by atoms with van der Waals surface area (Å²) in [6.45, 7) is 4.45. The molecule has 0 aromatic heterocycles. The van der Waals surface area contributed by atoms with Gasteiger partial charge in [-0.1, -0.05) is 37.3 Å². The van der Waals surface area contributed by atoms with E-state index >= 15 is 0 Å². The number of rotatable bonds is 6. The second-order valence-corrected chi connectivity index (χ2v) is 5.21. The lowest BCUT2D eigenvalue weighted by atomic mass is 10.1. The summed E-state index contributed by atoms with van der Waals surface area (Å²) in [6.07, 6.45) is 0.801. The third-order valence-electron chi connectivity index (χ3n) is 3.40. The van der Waals surface area contributed by atoms with E-state index in [-0.39, 0.29) is 12.0 Å². The number of hydrogen-bond acceptors (Lipinski definition) is 4. The lowest BCUT2D eigenvalue weighted by Crippen LogP contribution is -2.10. The Morgan fingerprint density at radius 1 is 1.23 bits per heavy atom. The van der Waals surface area contributed by atoms with Crippen molar-refractivity contribution in [2.24, 2.45) is 0 Å². The molecule has 0 spiro atoms.